The summed E-state index contributed by atoms with van der Waals surface area (Å²) in [6.45, 7) is 1.34. The lowest BCUT2D eigenvalue weighted by Gasteiger charge is -2.33. The molecule has 2 aromatic carbocycles. The SMILES string of the molecule is C[C@@H](c1cn(-c2ccc(C(F)(F)F)cc2)nn1)[C@](O)(Cn1cncn1)c1ccc(F)cc1F. The fourth-order valence-electron chi connectivity index (χ4n) is 3.51. The van der Waals surface area contributed by atoms with Gasteiger partial charge in [0.15, 0.2) is 0 Å². The van der Waals surface area contributed by atoms with Gasteiger partial charge in [-0.15, -0.1) is 5.10 Å². The first kappa shape index (κ1) is 22.5. The zero-order chi connectivity index (χ0) is 23.8. The number of aliphatic hydroxyl groups is 1. The van der Waals surface area contributed by atoms with Crippen LogP contribution < -0.4 is 0 Å². The Labute approximate surface area is 184 Å². The van der Waals surface area contributed by atoms with Crippen molar-refractivity contribution in [1.29, 1.82) is 0 Å². The van der Waals surface area contributed by atoms with E-state index in [1.807, 2.05) is 0 Å². The number of hydrogen-bond acceptors (Lipinski definition) is 5. The highest BCUT2D eigenvalue weighted by molar-refractivity contribution is 5.36. The summed E-state index contributed by atoms with van der Waals surface area (Å²) in [7, 11) is 0. The normalized spacial score (nSPS) is 14.8. The van der Waals surface area contributed by atoms with E-state index >= 15 is 0 Å². The van der Waals surface area contributed by atoms with Crippen LogP contribution in [0.15, 0.2) is 61.3 Å². The van der Waals surface area contributed by atoms with Gasteiger partial charge in [-0.1, -0.05) is 18.2 Å². The average Bonchev–Trinajstić information content (AvgIpc) is 3.44. The molecule has 4 rings (SSSR count). The number of hydrogen-bond donors (Lipinski definition) is 1. The van der Waals surface area contributed by atoms with Gasteiger partial charge in [0, 0.05) is 17.5 Å². The fourth-order valence-corrected chi connectivity index (χ4v) is 3.51. The molecule has 2 heterocycles. The Morgan fingerprint density at radius 3 is 2.39 bits per heavy atom. The molecule has 1 N–H and O–H groups in total. The van der Waals surface area contributed by atoms with E-state index in [1.54, 1.807) is 6.92 Å². The van der Waals surface area contributed by atoms with E-state index in [4.69, 9.17) is 0 Å². The first-order valence-electron chi connectivity index (χ1n) is 9.68. The van der Waals surface area contributed by atoms with Crippen LogP contribution in [0.2, 0.25) is 0 Å². The predicted molar refractivity (Wildman–Crippen MR) is 105 cm³/mol. The third-order valence-electron chi connectivity index (χ3n) is 5.40. The summed E-state index contributed by atoms with van der Waals surface area (Å²) >= 11 is 0. The van der Waals surface area contributed by atoms with Crippen molar-refractivity contribution < 1.29 is 27.1 Å². The van der Waals surface area contributed by atoms with Crippen LogP contribution in [0.5, 0.6) is 0 Å². The maximum absolute atomic E-state index is 14.7. The van der Waals surface area contributed by atoms with Crippen LogP contribution in [0.3, 0.4) is 0 Å². The van der Waals surface area contributed by atoms with E-state index in [-0.39, 0.29) is 17.8 Å². The largest absolute Gasteiger partial charge is 0.416 e. The molecule has 4 aromatic rings. The Balaban J connectivity index is 1.70. The van der Waals surface area contributed by atoms with Crippen LogP contribution in [0.4, 0.5) is 22.0 Å². The summed E-state index contributed by atoms with van der Waals surface area (Å²) in [6.07, 6.45) is -0.482. The Kier molecular flexibility index (Phi) is 5.70. The minimum atomic E-state index is -4.47. The van der Waals surface area contributed by atoms with Gasteiger partial charge < -0.3 is 5.11 Å². The van der Waals surface area contributed by atoms with Gasteiger partial charge in [-0.05, 0) is 30.3 Å². The van der Waals surface area contributed by atoms with Gasteiger partial charge in [-0.25, -0.2) is 23.1 Å². The third-order valence-corrected chi connectivity index (χ3v) is 5.40. The number of halogens is 5. The number of benzene rings is 2. The molecular weight excluding hydrogens is 447 g/mol. The minimum absolute atomic E-state index is 0.184. The lowest BCUT2D eigenvalue weighted by atomic mass is 9.80. The monoisotopic (exact) mass is 464 g/mol. The molecule has 0 unspecified atom stereocenters. The summed E-state index contributed by atoms with van der Waals surface area (Å²) in [5.41, 5.74) is -2.40. The molecule has 172 valence electrons. The maximum atomic E-state index is 14.7. The van der Waals surface area contributed by atoms with E-state index in [0.717, 1.165) is 24.3 Å². The molecular formula is C21H17F5N6O. The number of rotatable bonds is 6. The second-order valence-corrected chi connectivity index (χ2v) is 7.50. The summed E-state index contributed by atoms with van der Waals surface area (Å²) < 4.78 is 69.1. The van der Waals surface area contributed by atoms with Crippen molar-refractivity contribution in [2.75, 3.05) is 0 Å². The molecule has 0 fully saturated rings. The molecule has 0 amide bonds. The van der Waals surface area contributed by atoms with Crippen LogP contribution in [-0.4, -0.2) is 34.9 Å². The molecule has 0 bridgehead atoms. The smallest absolute Gasteiger partial charge is 0.382 e. The summed E-state index contributed by atoms with van der Waals surface area (Å²) in [5.74, 6) is -2.65. The number of alkyl halides is 3. The number of aromatic nitrogens is 6. The molecule has 0 aliphatic carbocycles. The van der Waals surface area contributed by atoms with Crippen molar-refractivity contribution in [1.82, 2.24) is 29.8 Å². The van der Waals surface area contributed by atoms with Gasteiger partial charge in [0.2, 0.25) is 0 Å². The molecule has 2 aromatic heterocycles. The van der Waals surface area contributed by atoms with Crippen molar-refractivity contribution in [3.63, 3.8) is 0 Å². The minimum Gasteiger partial charge on any atom is -0.382 e. The molecule has 0 spiro atoms. The zero-order valence-electron chi connectivity index (χ0n) is 17.1. The molecule has 0 saturated carbocycles. The van der Waals surface area contributed by atoms with E-state index in [1.165, 1.54) is 40.3 Å². The molecule has 0 aliphatic rings. The molecule has 0 aliphatic heterocycles. The van der Waals surface area contributed by atoms with Gasteiger partial charge in [0.05, 0.1) is 29.7 Å². The first-order valence-corrected chi connectivity index (χ1v) is 9.68. The molecule has 0 saturated heterocycles. The van der Waals surface area contributed by atoms with Crippen LogP contribution in [0, 0.1) is 11.6 Å². The summed E-state index contributed by atoms with van der Waals surface area (Å²) in [4.78, 5) is 3.81. The third kappa shape index (κ3) is 4.46. The summed E-state index contributed by atoms with van der Waals surface area (Å²) in [6, 6.07) is 7.10. The molecule has 7 nitrogen and oxygen atoms in total. The lowest BCUT2D eigenvalue weighted by molar-refractivity contribution is -0.137. The average molecular weight is 464 g/mol. The van der Waals surface area contributed by atoms with Crippen molar-refractivity contribution >= 4 is 0 Å². The maximum Gasteiger partial charge on any atom is 0.416 e. The predicted octanol–water partition coefficient (Wildman–Crippen LogP) is 3.85. The molecule has 33 heavy (non-hydrogen) atoms. The summed E-state index contributed by atoms with van der Waals surface area (Å²) in [5, 5.41) is 23.5. The number of nitrogens with zero attached hydrogens (tertiary/aromatic N) is 6. The second-order valence-electron chi connectivity index (χ2n) is 7.50. The van der Waals surface area contributed by atoms with E-state index in [2.05, 4.69) is 20.4 Å². The topological polar surface area (TPSA) is 81.6 Å². The highest BCUT2D eigenvalue weighted by Gasteiger charge is 2.41. The standard InChI is InChI=1S/C21H17F5N6O/c1-13(19-9-32(30-29-19)16-5-2-14(3-6-16)21(24,25)26)20(33,10-31-12-27-11-28-31)17-7-4-15(22)8-18(17)23/h2-9,11-13,33H,10H2,1H3/t13-,20+/m0/s1. The van der Waals surface area contributed by atoms with Crippen LogP contribution in [-0.2, 0) is 18.3 Å². The molecule has 2 atom stereocenters. The molecule has 0 radical (unpaired) electrons. The van der Waals surface area contributed by atoms with Gasteiger partial charge >= 0.3 is 6.18 Å². The van der Waals surface area contributed by atoms with Crippen LogP contribution >= 0.6 is 0 Å². The van der Waals surface area contributed by atoms with Gasteiger partial charge in [-0.3, -0.25) is 0 Å². The Bertz CT molecular complexity index is 1240. The quantitative estimate of drug-likeness (QED) is 0.439. The van der Waals surface area contributed by atoms with Gasteiger partial charge in [0.1, 0.15) is 29.9 Å². The van der Waals surface area contributed by atoms with Gasteiger partial charge in [0.25, 0.3) is 0 Å². The van der Waals surface area contributed by atoms with Crippen molar-refractivity contribution in [2.45, 2.75) is 31.2 Å². The second kappa shape index (κ2) is 8.35. The van der Waals surface area contributed by atoms with Crippen molar-refractivity contribution in [3.05, 3.63) is 89.8 Å². The Hall–Kier alpha value is -3.67. The van der Waals surface area contributed by atoms with Crippen molar-refractivity contribution in [3.8, 4) is 5.69 Å². The first-order chi connectivity index (χ1) is 15.6. The van der Waals surface area contributed by atoms with Crippen LogP contribution in [0.25, 0.3) is 5.69 Å². The zero-order valence-corrected chi connectivity index (χ0v) is 17.1. The molecule has 12 heteroatoms. The highest BCUT2D eigenvalue weighted by Crippen LogP contribution is 2.39. The lowest BCUT2D eigenvalue weighted by Crippen LogP contribution is -2.38. The highest BCUT2D eigenvalue weighted by atomic mass is 19.4. The van der Waals surface area contributed by atoms with Crippen molar-refractivity contribution in [2.24, 2.45) is 0 Å². The van der Waals surface area contributed by atoms with Crippen LogP contribution in [0.1, 0.15) is 29.7 Å². The Morgan fingerprint density at radius 2 is 1.79 bits per heavy atom. The fraction of sp³-hybridized carbons (Fsp3) is 0.238. The van der Waals surface area contributed by atoms with E-state index in [9.17, 15) is 27.1 Å². The van der Waals surface area contributed by atoms with Gasteiger partial charge in [-0.2, -0.15) is 18.3 Å². The Morgan fingerprint density at radius 1 is 1.06 bits per heavy atom. The van der Waals surface area contributed by atoms with E-state index in [0.29, 0.717) is 11.8 Å². The van der Waals surface area contributed by atoms with E-state index < -0.39 is 34.9 Å².